The van der Waals surface area contributed by atoms with Crippen LogP contribution in [-0.4, -0.2) is 24.0 Å². The topological polar surface area (TPSA) is 29.5 Å². The van der Waals surface area contributed by atoms with E-state index in [1.54, 1.807) is 0 Å². The molecule has 2 aromatic carbocycles. The van der Waals surface area contributed by atoms with Crippen LogP contribution < -0.4 is 4.74 Å². The maximum atomic E-state index is 12.6. The highest BCUT2D eigenvalue weighted by atomic mass is 16.5. The van der Waals surface area contributed by atoms with Crippen LogP contribution in [0, 0.1) is 0 Å². The highest BCUT2D eigenvalue weighted by Gasteiger charge is 2.21. The van der Waals surface area contributed by atoms with Crippen molar-refractivity contribution in [2.75, 3.05) is 13.2 Å². The fraction of sp³-hybridized carbons (Fsp3) is 0.278. The zero-order valence-electron chi connectivity index (χ0n) is 12.2. The van der Waals surface area contributed by atoms with E-state index in [1.807, 2.05) is 42.2 Å². The van der Waals surface area contributed by atoms with Gasteiger partial charge in [-0.15, -0.1) is 0 Å². The number of carbonyl (C=O) groups excluding carboxylic acids is 1. The van der Waals surface area contributed by atoms with Crippen LogP contribution in [0.1, 0.15) is 28.4 Å². The molecule has 0 aliphatic carbocycles. The van der Waals surface area contributed by atoms with Crippen LogP contribution in [0.5, 0.6) is 5.75 Å². The van der Waals surface area contributed by atoms with E-state index in [0.29, 0.717) is 18.7 Å². The van der Waals surface area contributed by atoms with Crippen molar-refractivity contribution in [1.29, 1.82) is 0 Å². The van der Waals surface area contributed by atoms with Crippen LogP contribution in [0.2, 0.25) is 0 Å². The molecule has 0 radical (unpaired) electrons. The minimum absolute atomic E-state index is 0.0751. The number of ether oxygens (including phenoxy) is 1. The fourth-order valence-electron chi connectivity index (χ4n) is 2.74. The summed E-state index contributed by atoms with van der Waals surface area (Å²) in [7, 11) is 0. The lowest BCUT2D eigenvalue weighted by Crippen LogP contribution is -2.35. The Morgan fingerprint density at radius 2 is 1.95 bits per heavy atom. The van der Waals surface area contributed by atoms with Crippen molar-refractivity contribution >= 4 is 5.91 Å². The van der Waals surface area contributed by atoms with Gasteiger partial charge in [0.25, 0.3) is 5.91 Å². The summed E-state index contributed by atoms with van der Waals surface area (Å²) in [5, 5.41) is 0. The predicted octanol–water partition coefficient (Wildman–Crippen LogP) is 3.28. The third kappa shape index (κ3) is 2.92. The Morgan fingerprint density at radius 1 is 1.14 bits per heavy atom. The Kier molecular flexibility index (Phi) is 3.91. The molecular weight excluding hydrogens is 262 g/mol. The highest BCUT2D eigenvalue weighted by molar-refractivity contribution is 5.94. The third-order valence-corrected chi connectivity index (χ3v) is 3.81. The Hall–Kier alpha value is -2.29. The molecule has 1 heterocycles. The smallest absolute Gasteiger partial charge is 0.254 e. The largest absolute Gasteiger partial charge is 0.494 e. The van der Waals surface area contributed by atoms with Crippen molar-refractivity contribution in [2.45, 2.75) is 19.9 Å². The first kappa shape index (κ1) is 13.7. The van der Waals surface area contributed by atoms with Gasteiger partial charge in [0.2, 0.25) is 0 Å². The number of carbonyl (C=O) groups is 1. The molecule has 21 heavy (non-hydrogen) atoms. The second-order valence-electron chi connectivity index (χ2n) is 5.21. The van der Waals surface area contributed by atoms with E-state index in [-0.39, 0.29) is 5.91 Å². The number of amides is 1. The minimum atomic E-state index is 0.0751. The monoisotopic (exact) mass is 281 g/mol. The van der Waals surface area contributed by atoms with E-state index >= 15 is 0 Å². The molecule has 0 saturated carbocycles. The molecule has 0 fully saturated rings. The third-order valence-electron chi connectivity index (χ3n) is 3.81. The van der Waals surface area contributed by atoms with Crippen molar-refractivity contribution in [3.05, 3.63) is 65.2 Å². The molecule has 0 unspecified atom stereocenters. The van der Waals surface area contributed by atoms with E-state index in [9.17, 15) is 4.79 Å². The molecule has 3 nitrogen and oxygen atoms in total. The van der Waals surface area contributed by atoms with Crippen LogP contribution in [-0.2, 0) is 13.0 Å². The summed E-state index contributed by atoms with van der Waals surface area (Å²) in [6.07, 6.45) is 0.924. The quantitative estimate of drug-likeness (QED) is 0.864. The lowest BCUT2D eigenvalue weighted by Gasteiger charge is -2.29. The van der Waals surface area contributed by atoms with Crippen molar-refractivity contribution in [3.8, 4) is 5.75 Å². The molecule has 3 heteroatoms. The number of hydrogen-bond acceptors (Lipinski definition) is 2. The van der Waals surface area contributed by atoms with Crippen LogP contribution in [0.3, 0.4) is 0 Å². The first-order chi connectivity index (χ1) is 10.3. The van der Waals surface area contributed by atoms with Gasteiger partial charge >= 0.3 is 0 Å². The molecule has 1 amide bonds. The van der Waals surface area contributed by atoms with Gasteiger partial charge in [-0.2, -0.15) is 0 Å². The highest BCUT2D eigenvalue weighted by Crippen LogP contribution is 2.21. The van der Waals surface area contributed by atoms with E-state index in [2.05, 4.69) is 18.2 Å². The molecule has 0 N–H and O–H groups in total. The number of fused-ring (bicyclic) bond motifs is 1. The molecule has 0 aromatic heterocycles. The minimum Gasteiger partial charge on any atom is -0.494 e. The van der Waals surface area contributed by atoms with Gasteiger partial charge in [-0.3, -0.25) is 4.79 Å². The molecule has 108 valence electrons. The lowest BCUT2D eigenvalue weighted by molar-refractivity contribution is 0.0734. The van der Waals surface area contributed by atoms with Gasteiger partial charge < -0.3 is 9.64 Å². The maximum absolute atomic E-state index is 12.6. The summed E-state index contributed by atoms with van der Waals surface area (Å²) in [4.78, 5) is 14.5. The zero-order valence-corrected chi connectivity index (χ0v) is 12.2. The Morgan fingerprint density at radius 3 is 2.76 bits per heavy atom. The predicted molar refractivity (Wildman–Crippen MR) is 82.5 cm³/mol. The second kappa shape index (κ2) is 6.00. The standard InChI is InChI=1S/C18H19NO2/c1-2-21-17-9-5-8-15(12-17)18(20)19-11-10-14-6-3-4-7-16(14)13-19/h3-9,12H,2,10-11,13H2,1H3. The van der Waals surface area contributed by atoms with Crippen LogP contribution >= 0.6 is 0 Å². The number of benzene rings is 2. The van der Waals surface area contributed by atoms with Gasteiger partial charge in [0.05, 0.1) is 6.61 Å². The summed E-state index contributed by atoms with van der Waals surface area (Å²) in [5.41, 5.74) is 3.29. The van der Waals surface area contributed by atoms with Gasteiger partial charge in [0, 0.05) is 18.7 Å². The number of nitrogens with zero attached hydrogens (tertiary/aromatic N) is 1. The van der Waals surface area contributed by atoms with E-state index in [4.69, 9.17) is 4.74 Å². The van der Waals surface area contributed by atoms with Gasteiger partial charge in [0.1, 0.15) is 5.75 Å². The van der Waals surface area contributed by atoms with E-state index in [0.717, 1.165) is 18.7 Å². The molecule has 0 atom stereocenters. The second-order valence-corrected chi connectivity index (χ2v) is 5.21. The van der Waals surface area contributed by atoms with Gasteiger partial charge in [-0.1, -0.05) is 30.3 Å². The Labute approximate surface area is 125 Å². The summed E-state index contributed by atoms with van der Waals surface area (Å²) in [6, 6.07) is 15.8. The Bertz CT molecular complexity index is 651. The molecule has 0 bridgehead atoms. The van der Waals surface area contributed by atoms with Gasteiger partial charge in [-0.05, 0) is 42.7 Å². The number of hydrogen-bond donors (Lipinski definition) is 0. The van der Waals surface area contributed by atoms with Crippen molar-refractivity contribution in [1.82, 2.24) is 4.90 Å². The number of rotatable bonds is 3. The molecule has 3 rings (SSSR count). The summed E-state index contributed by atoms with van der Waals surface area (Å²) in [6.45, 7) is 4.01. The van der Waals surface area contributed by atoms with E-state index in [1.165, 1.54) is 11.1 Å². The Balaban J connectivity index is 1.79. The maximum Gasteiger partial charge on any atom is 0.254 e. The molecular formula is C18H19NO2. The summed E-state index contributed by atoms with van der Waals surface area (Å²) in [5.74, 6) is 0.826. The van der Waals surface area contributed by atoms with Crippen molar-refractivity contribution < 1.29 is 9.53 Å². The molecule has 0 spiro atoms. The van der Waals surface area contributed by atoms with Crippen LogP contribution in [0.15, 0.2) is 48.5 Å². The van der Waals surface area contributed by atoms with Crippen LogP contribution in [0.25, 0.3) is 0 Å². The summed E-state index contributed by atoms with van der Waals surface area (Å²) < 4.78 is 5.47. The average Bonchev–Trinajstić information content (AvgIpc) is 2.54. The lowest BCUT2D eigenvalue weighted by atomic mass is 9.99. The van der Waals surface area contributed by atoms with Crippen molar-refractivity contribution in [3.63, 3.8) is 0 Å². The normalized spacial score (nSPS) is 13.7. The molecule has 1 aliphatic heterocycles. The van der Waals surface area contributed by atoms with Gasteiger partial charge in [-0.25, -0.2) is 0 Å². The van der Waals surface area contributed by atoms with Gasteiger partial charge in [0.15, 0.2) is 0 Å². The van der Waals surface area contributed by atoms with E-state index < -0.39 is 0 Å². The fourth-order valence-corrected chi connectivity index (χ4v) is 2.74. The summed E-state index contributed by atoms with van der Waals surface area (Å²) >= 11 is 0. The first-order valence-electron chi connectivity index (χ1n) is 7.37. The average molecular weight is 281 g/mol. The zero-order chi connectivity index (χ0) is 14.7. The van der Waals surface area contributed by atoms with Crippen molar-refractivity contribution in [2.24, 2.45) is 0 Å². The SMILES string of the molecule is CCOc1cccc(C(=O)N2CCc3ccccc3C2)c1. The molecule has 1 aliphatic rings. The molecule has 2 aromatic rings. The molecule has 0 saturated heterocycles. The first-order valence-corrected chi connectivity index (χ1v) is 7.37. The van der Waals surface area contributed by atoms with Crippen LogP contribution in [0.4, 0.5) is 0 Å².